The Morgan fingerprint density at radius 1 is 1.46 bits per heavy atom. The van der Waals surface area contributed by atoms with Crippen molar-refractivity contribution in [1.82, 2.24) is 10.2 Å². The van der Waals surface area contributed by atoms with Crippen molar-refractivity contribution in [2.24, 2.45) is 5.92 Å². The highest BCUT2D eigenvalue weighted by molar-refractivity contribution is 6.31. The van der Waals surface area contributed by atoms with E-state index in [9.17, 15) is 14.4 Å². The molecule has 1 saturated heterocycles. The normalized spacial score (nSPS) is 23.2. The van der Waals surface area contributed by atoms with Crippen LogP contribution >= 0.6 is 11.6 Å². The molecule has 1 aliphatic heterocycles. The Bertz CT molecular complexity index is 719. The summed E-state index contributed by atoms with van der Waals surface area (Å²) in [5.41, 5.74) is -0.516. The molecule has 8 heteroatoms. The van der Waals surface area contributed by atoms with E-state index in [0.717, 1.165) is 17.7 Å². The van der Waals surface area contributed by atoms with Crippen molar-refractivity contribution in [2.75, 3.05) is 19.0 Å². The number of hydrogen-bond acceptors (Lipinski definition) is 4. The summed E-state index contributed by atoms with van der Waals surface area (Å²) in [6.45, 7) is 1.35. The standard InChI is InChI=1S/C16H18ClN3O4/c1-16(9-3-4-9)14(22)20(15(23)19-16)8-13(21)18-11-7-10(17)5-6-12(11)24-2/h5-7,9H,3-4,8H2,1-2H3,(H,18,21)(H,19,23). The number of hydrogen-bond donors (Lipinski definition) is 2. The Hall–Kier alpha value is -2.28. The molecule has 0 radical (unpaired) electrons. The number of ether oxygens (including phenoxy) is 1. The van der Waals surface area contributed by atoms with Crippen LogP contribution in [-0.4, -0.2) is 41.9 Å². The quantitative estimate of drug-likeness (QED) is 0.794. The predicted molar refractivity (Wildman–Crippen MR) is 88.0 cm³/mol. The van der Waals surface area contributed by atoms with Crippen molar-refractivity contribution in [3.8, 4) is 5.75 Å². The second-order valence-corrected chi connectivity index (χ2v) is 6.63. The van der Waals surface area contributed by atoms with Crippen LogP contribution in [0.3, 0.4) is 0 Å². The van der Waals surface area contributed by atoms with Crippen LogP contribution in [0.4, 0.5) is 10.5 Å². The molecule has 1 aliphatic carbocycles. The molecule has 0 aromatic heterocycles. The summed E-state index contributed by atoms with van der Waals surface area (Å²) in [6.07, 6.45) is 1.81. The van der Waals surface area contributed by atoms with Crippen molar-refractivity contribution >= 4 is 35.1 Å². The number of carbonyl (C=O) groups excluding carboxylic acids is 3. The van der Waals surface area contributed by atoms with Crippen LogP contribution in [0.2, 0.25) is 5.02 Å². The largest absolute Gasteiger partial charge is 0.495 e. The third-order valence-electron chi connectivity index (χ3n) is 4.43. The van der Waals surface area contributed by atoms with Gasteiger partial charge < -0.3 is 15.4 Å². The van der Waals surface area contributed by atoms with Crippen LogP contribution in [0.25, 0.3) is 0 Å². The van der Waals surface area contributed by atoms with Crippen LogP contribution in [0.15, 0.2) is 18.2 Å². The van der Waals surface area contributed by atoms with Crippen molar-refractivity contribution in [1.29, 1.82) is 0 Å². The molecular weight excluding hydrogens is 334 g/mol. The van der Waals surface area contributed by atoms with E-state index in [-0.39, 0.29) is 18.4 Å². The van der Waals surface area contributed by atoms with Crippen LogP contribution in [-0.2, 0) is 9.59 Å². The van der Waals surface area contributed by atoms with E-state index in [1.54, 1.807) is 25.1 Å². The lowest BCUT2D eigenvalue weighted by Gasteiger charge is -2.20. The van der Waals surface area contributed by atoms with Crippen molar-refractivity contribution in [2.45, 2.75) is 25.3 Å². The first-order chi connectivity index (χ1) is 11.3. The van der Waals surface area contributed by atoms with Gasteiger partial charge in [-0.15, -0.1) is 0 Å². The fraction of sp³-hybridized carbons (Fsp3) is 0.438. The summed E-state index contributed by atoms with van der Waals surface area (Å²) in [5, 5.41) is 5.76. The van der Waals surface area contributed by atoms with E-state index < -0.39 is 17.5 Å². The fourth-order valence-corrected chi connectivity index (χ4v) is 3.08. The molecule has 1 aromatic carbocycles. The summed E-state index contributed by atoms with van der Waals surface area (Å²) in [7, 11) is 1.47. The SMILES string of the molecule is COc1ccc(Cl)cc1NC(=O)CN1C(=O)NC(C)(C2CC2)C1=O. The lowest BCUT2D eigenvalue weighted by molar-refractivity contribution is -0.134. The van der Waals surface area contributed by atoms with Gasteiger partial charge in [-0.05, 0) is 43.9 Å². The third kappa shape index (κ3) is 2.91. The van der Waals surface area contributed by atoms with Crippen LogP contribution in [0.5, 0.6) is 5.75 Å². The zero-order chi connectivity index (χ0) is 17.5. The maximum Gasteiger partial charge on any atom is 0.325 e. The lowest BCUT2D eigenvalue weighted by Crippen LogP contribution is -2.46. The topological polar surface area (TPSA) is 87.7 Å². The van der Waals surface area contributed by atoms with Gasteiger partial charge in [0.1, 0.15) is 17.8 Å². The van der Waals surface area contributed by atoms with Gasteiger partial charge in [-0.3, -0.25) is 14.5 Å². The molecule has 2 N–H and O–H groups in total. The zero-order valence-corrected chi connectivity index (χ0v) is 14.1. The van der Waals surface area contributed by atoms with E-state index in [1.807, 2.05) is 0 Å². The molecule has 0 bridgehead atoms. The van der Waals surface area contributed by atoms with Gasteiger partial charge in [-0.2, -0.15) is 0 Å². The number of benzene rings is 1. The van der Waals surface area contributed by atoms with E-state index in [0.29, 0.717) is 16.5 Å². The van der Waals surface area contributed by atoms with E-state index in [2.05, 4.69) is 10.6 Å². The molecule has 1 aromatic rings. The number of urea groups is 1. The Morgan fingerprint density at radius 2 is 2.17 bits per heavy atom. The molecule has 7 nitrogen and oxygen atoms in total. The maximum atomic E-state index is 12.5. The summed E-state index contributed by atoms with van der Waals surface area (Å²) in [6, 6.07) is 4.26. The molecular formula is C16H18ClN3O4. The molecule has 24 heavy (non-hydrogen) atoms. The van der Waals surface area contributed by atoms with E-state index in [4.69, 9.17) is 16.3 Å². The van der Waals surface area contributed by atoms with Gasteiger partial charge in [0.15, 0.2) is 0 Å². The Morgan fingerprint density at radius 3 is 2.79 bits per heavy atom. The highest BCUT2D eigenvalue weighted by Crippen LogP contribution is 2.42. The molecule has 1 unspecified atom stereocenters. The monoisotopic (exact) mass is 351 g/mol. The van der Waals surface area contributed by atoms with Crippen LogP contribution in [0.1, 0.15) is 19.8 Å². The maximum absolute atomic E-state index is 12.5. The Labute approximate surface area is 144 Å². The van der Waals surface area contributed by atoms with E-state index >= 15 is 0 Å². The molecule has 1 heterocycles. The molecule has 1 atom stereocenters. The fourth-order valence-electron chi connectivity index (χ4n) is 2.91. The first-order valence-corrected chi connectivity index (χ1v) is 8.00. The predicted octanol–water partition coefficient (Wildman–Crippen LogP) is 2.01. The third-order valence-corrected chi connectivity index (χ3v) is 4.67. The van der Waals surface area contributed by atoms with E-state index in [1.165, 1.54) is 7.11 Å². The minimum atomic E-state index is -0.898. The highest BCUT2D eigenvalue weighted by Gasteiger charge is 2.56. The van der Waals surface area contributed by atoms with Gasteiger partial charge >= 0.3 is 6.03 Å². The number of halogens is 1. The minimum absolute atomic E-state index is 0.148. The number of carbonyl (C=O) groups is 3. The highest BCUT2D eigenvalue weighted by atomic mass is 35.5. The average molecular weight is 352 g/mol. The van der Waals surface area contributed by atoms with Gasteiger partial charge in [-0.1, -0.05) is 11.6 Å². The number of anilines is 1. The van der Waals surface area contributed by atoms with Gasteiger partial charge in [0.05, 0.1) is 12.8 Å². The molecule has 1 saturated carbocycles. The van der Waals surface area contributed by atoms with Gasteiger partial charge in [0, 0.05) is 5.02 Å². The number of rotatable bonds is 5. The lowest BCUT2D eigenvalue weighted by atomic mass is 9.96. The average Bonchev–Trinajstić information content (AvgIpc) is 3.34. The first kappa shape index (κ1) is 16.6. The molecule has 128 valence electrons. The van der Waals surface area contributed by atoms with Crippen molar-refractivity contribution in [3.05, 3.63) is 23.2 Å². The summed E-state index contributed by atoms with van der Waals surface area (Å²) < 4.78 is 5.15. The number of nitrogens with zero attached hydrogens (tertiary/aromatic N) is 1. The summed E-state index contributed by atoms with van der Waals surface area (Å²) in [5.74, 6) is -0.273. The number of nitrogens with one attached hydrogen (secondary N) is 2. The van der Waals surface area contributed by atoms with Crippen LogP contribution in [0, 0.1) is 5.92 Å². The molecule has 0 spiro atoms. The number of amides is 4. The molecule has 2 fully saturated rings. The second kappa shape index (κ2) is 5.98. The van der Waals surface area contributed by atoms with Crippen molar-refractivity contribution in [3.63, 3.8) is 0 Å². The Balaban J connectivity index is 1.70. The van der Waals surface area contributed by atoms with Gasteiger partial charge in [0.2, 0.25) is 5.91 Å². The zero-order valence-electron chi connectivity index (χ0n) is 13.4. The smallest absolute Gasteiger partial charge is 0.325 e. The molecule has 4 amide bonds. The second-order valence-electron chi connectivity index (χ2n) is 6.19. The van der Waals surface area contributed by atoms with Crippen molar-refractivity contribution < 1.29 is 19.1 Å². The van der Waals surface area contributed by atoms with Gasteiger partial charge in [0.25, 0.3) is 5.91 Å². The first-order valence-electron chi connectivity index (χ1n) is 7.62. The number of imide groups is 1. The number of methoxy groups -OCH3 is 1. The summed E-state index contributed by atoms with van der Waals surface area (Å²) >= 11 is 5.92. The Kier molecular flexibility index (Phi) is 4.13. The van der Waals surface area contributed by atoms with Gasteiger partial charge in [-0.25, -0.2) is 4.79 Å². The molecule has 2 aliphatic rings. The summed E-state index contributed by atoms with van der Waals surface area (Å²) in [4.78, 5) is 37.8. The van der Waals surface area contributed by atoms with Crippen LogP contribution < -0.4 is 15.4 Å². The molecule has 3 rings (SSSR count). The minimum Gasteiger partial charge on any atom is -0.495 e.